The van der Waals surface area contributed by atoms with Crippen LogP contribution in [0.15, 0.2) is 18.3 Å². The van der Waals surface area contributed by atoms with E-state index in [4.69, 9.17) is 4.98 Å². The van der Waals surface area contributed by atoms with Crippen molar-refractivity contribution < 1.29 is 4.79 Å². The number of nitrogens with zero attached hydrogens (tertiary/aromatic N) is 5. The highest BCUT2D eigenvalue weighted by atomic mass is 16.1. The van der Waals surface area contributed by atoms with Gasteiger partial charge in [0.1, 0.15) is 5.82 Å². The topological polar surface area (TPSA) is 77.6 Å². The maximum atomic E-state index is 13.2. The Kier molecular flexibility index (Phi) is 3.77. The lowest BCUT2D eigenvalue weighted by atomic mass is 10.1. The van der Waals surface area contributed by atoms with Crippen LogP contribution in [0.3, 0.4) is 0 Å². The van der Waals surface area contributed by atoms with Crippen LogP contribution in [0.1, 0.15) is 72.2 Å². The number of aromatic nitrogens is 5. The highest BCUT2D eigenvalue weighted by Gasteiger charge is 2.29. The third-order valence-corrected chi connectivity index (χ3v) is 5.81. The highest BCUT2D eigenvalue weighted by Crippen LogP contribution is 2.40. The van der Waals surface area contributed by atoms with Gasteiger partial charge >= 0.3 is 0 Å². The van der Waals surface area contributed by atoms with Crippen molar-refractivity contribution in [2.45, 2.75) is 57.4 Å². The maximum Gasteiger partial charge on any atom is 0.257 e. The Hall–Kier alpha value is -2.70. The first-order valence-electron chi connectivity index (χ1n) is 9.81. The minimum atomic E-state index is -0.111. The third kappa shape index (κ3) is 2.81. The van der Waals surface area contributed by atoms with Crippen molar-refractivity contribution in [1.29, 1.82) is 0 Å². The van der Waals surface area contributed by atoms with Gasteiger partial charge in [0.2, 0.25) is 0 Å². The summed E-state index contributed by atoms with van der Waals surface area (Å²) in [5.74, 6) is 1.13. The number of carbonyl (C=O) groups excluding carboxylic acids is 1. The molecule has 0 aliphatic heterocycles. The van der Waals surface area contributed by atoms with Crippen LogP contribution in [0.25, 0.3) is 11.0 Å². The van der Waals surface area contributed by atoms with Crippen LogP contribution in [0.5, 0.6) is 0 Å². The maximum absolute atomic E-state index is 13.2. The molecule has 0 radical (unpaired) electrons. The summed E-state index contributed by atoms with van der Waals surface area (Å²) < 4.78 is 3.75. The monoisotopic (exact) mass is 364 g/mol. The molecule has 7 heteroatoms. The van der Waals surface area contributed by atoms with Gasteiger partial charge in [0.15, 0.2) is 5.65 Å². The molecule has 0 saturated heterocycles. The highest BCUT2D eigenvalue weighted by molar-refractivity contribution is 6.12. The van der Waals surface area contributed by atoms with E-state index in [9.17, 15) is 4.79 Å². The molecule has 2 saturated carbocycles. The smallest absolute Gasteiger partial charge is 0.257 e. The summed E-state index contributed by atoms with van der Waals surface area (Å²) in [6.07, 6.45) is 8.75. The Morgan fingerprint density at radius 1 is 1.22 bits per heavy atom. The number of amides is 1. The lowest BCUT2D eigenvalue weighted by Crippen LogP contribution is -2.18. The van der Waals surface area contributed by atoms with E-state index in [1.165, 1.54) is 12.8 Å². The Labute approximate surface area is 157 Å². The summed E-state index contributed by atoms with van der Waals surface area (Å²) in [4.78, 5) is 18.0. The van der Waals surface area contributed by atoms with Crippen LogP contribution in [0, 0.1) is 6.92 Å². The van der Waals surface area contributed by atoms with Crippen LogP contribution >= 0.6 is 0 Å². The molecule has 0 unspecified atom stereocenters. The Morgan fingerprint density at radius 3 is 2.74 bits per heavy atom. The molecule has 2 fully saturated rings. The molecule has 3 aromatic rings. The second kappa shape index (κ2) is 6.18. The summed E-state index contributed by atoms with van der Waals surface area (Å²) in [7, 11) is 1.88. The molecule has 2 aliphatic rings. The van der Waals surface area contributed by atoms with E-state index in [2.05, 4.69) is 15.5 Å². The van der Waals surface area contributed by atoms with Gasteiger partial charge in [-0.15, -0.1) is 0 Å². The second-order valence-electron chi connectivity index (χ2n) is 7.83. The molecule has 1 amide bonds. The average Bonchev–Trinajstić information content (AvgIpc) is 3.04. The Bertz CT molecular complexity index is 1020. The summed E-state index contributed by atoms with van der Waals surface area (Å²) >= 11 is 0. The van der Waals surface area contributed by atoms with Crippen molar-refractivity contribution in [3.05, 3.63) is 35.3 Å². The lowest BCUT2D eigenvalue weighted by Gasteiger charge is -2.15. The number of anilines is 1. The summed E-state index contributed by atoms with van der Waals surface area (Å²) in [6.45, 7) is 1.93. The van der Waals surface area contributed by atoms with E-state index in [0.717, 1.165) is 53.9 Å². The van der Waals surface area contributed by atoms with Crippen molar-refractivity contribution >= 4 is 22.8 Å². The first kappa shape index (κ1) is 16.5. The first-order chi connectivity index (χ1) is 13.1. The van der Waals surface area contributed by atoms with Crippen molar-refractivity contribution in [1.82, 2.24) is 24.5 Å². The van der Waals surface area contributed by atoms with Gasteiger partial charge in [0, 0.05) is 24.7 Å². The van der Waals surface area contributed by atoms with Gasteiger partial charge in [-0.3, -0.25) is 9.48 Å². The number of fused-ring (bicyclic) bond motifs is 1. The van der Waals surface area contributed by atoms with Crippen LogP contribution in [0.2, 0.25) is 0 Å². The zero-order valence-corrected chi connectivity index (χ0v) is 15.8. The van der Waals surface area contributed by atoms with Gasteiger partial charge in [-0.05, 0) is 38.7 Å². The molecule has 0 spiro atoms. The number of rotatable bonds is 4. The second-order valence-corrected chi connectivity index (χ2v) is 7.83. The summed E-state index contributed by atoms with van der Waals surface area (Å²) in [6, 6.07) is 4.22. The fourth-order valence-corrected chi connectivity index (χ4v) is 4.27. The lowest BCUT2D eigenvalue weighted by molar-refractivity contribution is 0.102. The third-order valence-electron chi connectivity index (χ3n) is 5.81. The van der Waals surface area contributed by atoms with Crippen LogP contribution in [-0.4, -0.2) is 30.5 Å². The largest absolute Gasteiger partial charge is 0.307 e. The SMILES string of the molecule is Cc1nn(C)c2nc(C3CC3)cc(C(=O)Nc3ccnn3C3CCCC3)c12. The summed E-state index contributed by atoms with van der Waals surface area (Å²) in [5, 5.41) is 12.9. The van der Waals surface area contributed by atoms with Gasteiger partial charge in [0.25, 0.3) is 5.91 Å². The molecule has 0 bridgehead atoms. The van der Waals surface area contributed by atoms with E-state index in [-0.39, 0.29) is 5.91 Å². The minimum Gasteiger partial charge on any atom is -0.307 e. The molecular formula is C20H24N6O. The van der Waals surface area contributed by atoms with Crippen LogP contribution in [-0.2, 0) is 7.05 Å². The van der Waals surface area contributed by atoms with Gasteiger partial charge in [-0.2, -0.15) is 10.2 Å². The predicted octanol–water partition coefficient (Wildman–Crippen LogP) is 3.72. The molecule has 27 heavy (non-hydrogen) atoms. The molecule has 3 heterocycles. The normalized spacial score (nSPS) is 17.7. The fourth-order valence-electron chi connectivity index (χ4n) is 4.27. The number of hydrogen-bond donors (Lipinski definition) is 1. The number of hydrogen-bond acceptors (Lipinski definition) is 4. The molecule has 140 valence electrons. The van der Waals surface area contributed by atoms with Gasteiger partial charge in [0.05, 0.1) is 28.9 Å². The first-order valence-corrected chi connectivity index (χ1v) is 9.81. The van der Waals surface area contributed by atoms with E-state index in [1.807, 2.05) is 30.8 Å². The van der Waals surface area contributed by atoms with Crippen molar-refractivity contribution in [3.63, 3.8) is 0 Å². The molecule has 3 aromatic heterocycles. The quantitative estimate of drug-likeness (QED) is 0.765. The Morgan fingerprint density at radius 2 is 2.00 bits per heavy atom. The molecule has 7 nitrogen and oxygen atoms in total. The zero-order chi connectivity index (χ0) is 18.5. The number of carbonyl (C=O) groups is 1. The molecule has 0 atom stereocenters. The summed E-state index contributed by atoms with van der Waals surface area (Å²) in [5.41, 5.74) is 3.27. The molecule has 1 N–H and O–H groups in total. The molecule has 2 aliphatic carbocycles. The van der Waals surface area contributed by atoms with Gasteiger partial charge in [-0.25, -0.2) is 9.67 Å². The van der Waals surface area contributed by atoms with Crippen molar-refractivity contribution in [3.8, 4) is 0 Å². The molecule has 0 aromatic carbocycles. The fraction of sp³-hybridized carbons (Fsp3) is 0.500. The molecular weight excluding hydrogens is 340 g/mol. The van der Waals surface area contributed by atoms with E-state index in [0.29, 0.717) is 17.5 Å². The van der Waals surface area contributed by atoms with E-state index in [1.54, 1.807) is 10.9 Å². The standard InChI is InChI=1S/C20H24N6O/c1-12-18-15(11-16(13-7-8-13)22-19(18)25(2)24-12)20(27)23-17-9-10-21-26(17)14-5-3-4-6-14/h9-11,13-14H,3-8H2,1-2H3,(H,23,27). The van der Waals surface area contributed by atoms with Crippen LogP contribution < -0.4 is 5.32 Å². The minimum absolute atomic E-state index is 0.111. The van der Waals surface area contributed by atoms with Gasteiger partial charge < -0.3 is 5.32 Å². The Balaban J connectivity index is 1.53. The van der Waals surface area contributed by atoms with Crippen molar-refractivity contribution in [2.24, 2.45) is 7.05 Å². The number of nitrogens with one attached hydrogen (secondary N) is 1. The van der Waals surface area contributed by atoms with E-state index >= 15 is 0 Å². The van der Waals surface area contributed by atoms with Crippen molar-refractivity contribution in [2.75, 3.05) is 5.32 Å². The number of pyridine rings is 1. The van der Waals surface area contributed by atoms with Gasteiger partial charge in [-0.1, -0.05) is 12.8 Å². The number of aryl methyl sites for hydroxylation is 2. The van der Waals surface area contributed by atoms with Crippen LogP contribution in [0.4, 0.5) is 5.82 Å². The predicted molar refractivity (Wildman–Crippen MR) is 103 cm³/mol. The molecule has 5 rings (SSSR count). The zero-order valence-electron chi connectivity index (χ0n) is 15.8. The average molecular weight is 364 g/mol. The van der Waals surface area contributed by atoms with E-state index < -0.39 is 0 Å².